The van der Waals surface area contributed by atoms with Gasteiger partial charge in [0.25, 0.3) is 11.8 Å². The molecule has 2 aromatic rings. The predicted molar refractivity (Wildman–Crippen MR) is 119 cm³/mol. The third-order valence-electron chi connectivity index (χ3n) is 3.68. The molecule has 32 heavy (non-hydrogen) atoms. The molecule has 3 amide bonds. The second-order valence-electron chi connectivity index (χ2n) is 5.98. The molecule has 0 saturated carbocycles. The molecule has 0 fully saturated rings. The Hall–Kier alpha value is -4.25. The Morgan fingerprint density at radius 3 is 2.41 bits per heavy atom. The van der Waals surface area contributed by atoms with Gasteiger partial charge in [-0.1, -0.05) is 25.8 Å². The zero-order valence-corrected chi connectivity index (χ0v) is 17.9. The first kappa shape index (κ1) is 24.0. The SMILES string of the molecule is C=CCOC(=O)Nc1ccc(-c2nc(C(=O)NC(=C)C(=O)NC(=C)C(=O)OC)cs2)cc1. The number of hydrogen-bond donors (Lipinski definition) is 3. The summed E-state index contributed by atoms with van der Waals surface area (Å²) in [5.74, 6) is -2.30. The van der Waals surface area contributed by atoms with Gasteiger partial charge in [-0.2, -0.15) is 0 Å². The van der Waals surface area contributed by atoms with Crippen molar-refractivity contribution in [2.24, 2.45) is 0 Å². The van der Waals surface area contributed by atoms with E-state index in [9.17, 15) is 19.2 Å². The van der Waals surface area contributed by atoms with Crippen molar-refractivity contribution in [1.82, 2.24) is 15.6 Å². The number of carbonyl (C=O) groups excluding carboxylic acids is 4. The van der Waals surface area contributed by atoms with E-state index in [-0.39, 0.29) is 23.7 Å². The average molecular weight is 456 g/mol. The molecule has 2 rings (SSSR count). The molecule has 3 N–H and O–H groups in total. The number of amides is 3. The Labute approximate surface area is 187 Å². The molecule has 10 nitrogen and oxygen atoms in total. The number of hydrogen-bond acceptors (Lipinski definition) is 8. The summed E-state index contributed by atoms with van der Waals surface area (Å²) in [6, 6.07) is 6.75. The zero-order valence-electron chi connectivity index (χ0n) is 17.1. The van der Waals surface area contributed by atoms with Crippen molar-refractivity contribution in [2.75, 3.05) is 19.0 Å². The van der Waals surface area contributed by atoms with Gasteiger partial charge < -0.3 is 20.1 Å². The topological polar surface area (TPSA) is 136 Å². The first-order chi connectivity index (χ1) is 15.2. The second kappa shape index (κ2) is 11.2. The van der Waals surface area contributed by atoms with Crippen LogP contribution >= 0.6 is 11.3 Å². The fourth-order valence-electron chi connectivity index (χ4n) is 2.14. The summed E-state index contributed by atoms with van der Waals surface area (Å²) in [6.45, 7) is 10.4. The minimum atomic E-state index is -0.823. The number of thiazole rings is 1. The summed E-state index contributed by atoms with van der Waals surface area (Å²) in [4.78, 5) is 51.4. The van der Waals surface area contributed by atoms with Gasteiger partial charge in [-0.25, -0.2) is 14.6 Å². The van der Waals surface area contributed by atoms with E-state index in [1.165, 1.54) is 22.8 Å². The first-order valence-corrected chi connectivity index (χ1v) is 9.82. The highest BCUT2D eigenvalue weighted by molar-refractivity contribution is 7.13. The first-order valence-electron chi connectivity index (χ1n) is 8.94. The van der Waals surface area contributed by atoms with Crippen LogP contribution in [0.3, 0.4) is 0 Å². The summed E-state index contributed by atoms with van der Waals surface area (Å²) < 4.78 is 9.26. The van der Waals surface area contributed by atoms with Gasteiger partial charge in [0.2, 0.25) is 0 Å². The lowest BCUT2D eigenvalue weighted by molar-refractivity contribution is -0.137. The fraction of sp³-hybridized carbons (Fsp3) is 0.0952. The molecule has 0 atom stereocenters. The molecule has 1 aromatic heterocycles. The third-order valence-corrected chi connectivity index (χ3v) is 4.57. The lowest BCUT2D eigenvalue weighted by Gasteiger charge is -2.09. The van der Waals surface area contributed by atoms with Crippen molar-refractivity contribution < 1.29 is 28.7 Å². The molecular weight excluding hydrogens is 436 g/mol. The van der Waals surface area contributed by atoms with Gasteiger partial charge in [-0.3, -0.25) is 14.9 Å². The minimum Gasteiger partial charge on any atom is -0.464 e. The molecule has 0 spiro atoms. The predicted octanol–water partition coefficient (Wildman–Crippen LogP) is 2.59. The van der Waals surface area contributed by atoms with Gasteiger partial charge in [0, 0.05) is 16.6 Å². The van der Waals surface area contributed by atoms with Crippen LogP contribution in [-0.2, 0) is 19.1 Å². The third kappa shape index (κ3) is 6.64. The monoisotopic (exact) mass is 456 g/mol. The molecule has 11 heteroatoms. The van der Waals surface area contributed by atoms with E-state index in [1.54, 1.807) is 24.3 Å². The van der Waals surface area contributed by atoms with Crippen LogP contribution < -0.4 is 16.0 Å². The summed E-state index contributed by atoms with van der Waals surface area (Å²) in [6.07, 6.45) is 0.852. The fourth-order valence-corrected chi connectivity index (χ4v) is 2.95. The van der Waals surface area contributed by atoms with Crippen molar-refractivity contribution in [3.8, 4) is 10.6 Å². The molecule has 1 heterocycles. The Bertz CT molecular complexity index is 1070. The Morgan fingerprint density at radius 1 is 1.09 bits per heavy atom. The standard InChI is InChI=1S/C21H20N4O6S/c1-5-10-31-21(29)24-15-8-6-14(7-9-15)19-25-16(11-32-19)18(27)22-12(2)17(26)23-13(3)20(28)30-4/h5-9,11H,1-3,10H2,4H3,(H,22,27)(H,23,26)(H,24,29). The number of rotatable bonds is 9. The number of esters is 1. The van der Waals surface area contributed by atoms with Crippen molar-refractivity contribution >= 4 is 40.9 Å². The molecule has 0 aliphatic heterocycles. The molecule has 166 valence electrons. The van der Waals surface area contributed by atoms with Crippen LogP contribution in [0.2, 0.25) is 0 Å². The number of benzene rings is 1. The molecular formula is C21H20N4O6S. The number of nitrogens with zero attached hydrogens (tertiary/aromatic N) is 1. The number of ether oxygens (including phenoxy) is 2. The maximum Gasteiger partial charge on any atom is 0.411 e. The quantitative estimate of drug-likeness (QED) is 0.300. The molecule has 0 aliphatic carbocycles. The van der Waals surface area contributed by atoms with Gasteiger partial charge in [0.05, 0.1) is 12.8 Å². The number of anilines is 1. The summed E-state index contributed by atoms with van der Waals surface area (Å²) in [5.41, 5.74) is 0.711. The van der Waals surface area contributed by atoms with Crippen molar-refractivity contribution in [3.05, 3.63) is 72.5 Å². The van der Waals surface area contributed by atoms with Crippen LogP contribution in [0.1, 0.15) is 10.5 Å². The van der Waals surface area contributed by atoms with E-state index in [0.717, 1.165) is 7.11 Å². The molecule has 0 bridgehead atoms. The second-order valence-corrected chi connectivity index (χ2v) is 6.84. The van der Waals surface area contributed by atoms with E-state index in [4.69, 9.17) is 4.74 Å². The van der Waals surface area contributed by atoms with Gasteiger partial charge in [0.15, 0.2) is 0 Å². The maximum absolute atomic E-state index is 12.4. The number of aromatic nitrogens is 1. The molecule has 0 aliphatic rings. The average Bonchev–Trinajstić information content (AvgIpc) is 3.27. The highest BCUT2D eigenvalue weighted by atomic mass is 32.1. The smallest absolute Gasteiger partial charge is 0.411 e. The highest BCUT2D eigenvalue weighted by Crippen LogP contribution is 2.25. The van der Waals surface area contributed by atoms with Crippen LogP contribution in [0.15, 0.2) is 66.9 Å². The molecule has 0 radical (unpaired) electrons. The van der Waals surface area contributed by atoms with Crippen LogP contribution in [0.4, 0.5) is 10.5 Å². The largest absolute Gasteiger partial charge is 0.464 e. The summed E-state index contributed by atoms with van der Waals surface area (Å²) in [5, 5.41) is 9.10. The summed E-state index contributed by atoms with van der Waals surface area (Å²) in [7, 11) is 1.14. The lowest BCUT2D eigenvalue weighted by Crippen LogP contribution is -2.35. The van der Waals surface area contributed by atoms with E-state index >= 15 is 0 Å². The zero-order chi connectivity index (χ0) is 23.7. The van der Waals surface area contributed by atoms with Crippen LogP contribution in [-0.4, -0.2) is 42.6 Å². The van der Waals surface area contributed by atoms with E-state index < -0.39 is 23.9 Å². The van der Waals surface area contributed by atoms with Crippen LogP contribution in [0.25, 0.3) is 10.6 Å². The van der Waals surface area contributed by atoms with Crippen LogP contribution in [0, 0.1) is 0 Å². The minimum absolute atomic E-state index is 0.0703. The highest BCUT2D eigenvalue weighted by Gasteiger charge is 2.18. The van der Waals surface area contributed by atoms with Crippen molar-refractivity contribution in [2.45, 2.75) is 0 Å². The Balaban J connectivity index is 1.97. The molecule has 1 aromatic carbocycles. The molecule has 0 unspecified atom stereocenters. The van der Waals surface area contributed by atoms with Gasteiger partial charge >= 0.3 is 12.1 Å². The summed E-state index contributed by atoms with van der Waals surface area (Å²) >= 11 is 1.21. The van der Waals surface area contributed by atoms with Crippen molar-refractivity contribution in [1.29, 1.82) is 0 Å². The van der Waals surface area contributed by atoms with Crippen LogP contribution in [0.5, 0.6) is 0 Å². The Morgan fingerprint density at radius 2 is 1.78 bits per heavy atom. The van der Waals surface area contributed by atoms with Gasteiger partial charge in [-0.05, 0) is 24.3 Å². The van der Waals surface area contributed by atoms with Gasteiger partial charge in [-0.15, -0.1) is 11.3 Å². The van der Waals surface area contributed by atoms with E-state index in [2.05, 4.69) is 45.4 Å². The lowest BCUT2D eigenvalue weighted by atomic mass is 10.2. The Kier molecular flexibility index (Phi) is 8.43. The molecule has 0 saturated heterocycles. The van der Waals surface area contributed by atoms with Crippen molar-refractivity contribution in [3.63, 3.8) is 0 Å². The number of nitrogens with one attached hydrogen (secondary N) is 3. The number of carbonyl (C=O) groups is 4. The van der Waals surface area contributed by atoms with E-state index in [1.807, 2.05) is 0 Å². The normalized spacial score (nSPS) is 9.78. The van der Waals surface area contributed by atoms with E-state index in [0.29, 0.717) is 16.3 Å². The van der Waals surface area contributed by atoms with Gasteiger partial charge in [0.1, 0.15) is 23.0 Å². The number of methoxy groups -OCH3 is 1. The maximum atomic E-state index is 12.4.